The zero-order chi connectivity index (χ0) is 10.3. The van der Waals surface area contributed by atoms with E-state index in [1.807, 2.05) is 0 Å². The van der Waals surface area contributed by atoms with Gasteiger partial charge in [0.25, 0.3) is 0 Å². The maximum atomic E-state index is 1.61. The molecule has 0 amide bonds. The first-order chi connectivity index (χ1) is 7.45. The van der Waals surface area contributed by atoms with Gasteiger partial charge in [0.15, 0.2) is 0 Å². The molecule has 0 heterocycles. The van der Waals surface area contributed by atoms with Gasteiger partial charge in [-0.3, -0.25) is 0 Å². The second-order valence-electron chi connectivity index (χ2n) is 5.95. The fourth-order valence-corrected chi connectivity index (χ4v) is 6.71. The maximum absolute atomic E-state index is 1.61. The van der Waals surface area contributed by atoms with E-state index in [-0.39, 0.29) is 9.52 Å². The molecule has 0 nitrogen and oxygen atoms in total. The third kappa shape index (κ3) is 4.30. The minimum Gasteiger partial charge on any atom is -0.0533 e. The Morgan fingerprint density at radius 3 is 1.13 bits per heavy atom. The molecule has 0 aromatic carbocycles. The van der Waals surface area contributed by atoms with Crippen LogP contribution >= 0.6 is 0 Å². The molecule has 0 aromatic rings. The van der Waals surface area contributed by atoms with Crippen LogP contribution in [-0.4, -0.2) is 9.52 Å². The van der Waals surface area contributed by atoms with Crippen molar-refractivity contribution in [1.82, 2.24) is 0 Å². The third-order valence-electron chi connectivity index (χ3n) is 4.62. The summed E-state index contributed by atoms with van der Waals surface area (Å²) in [6.45, 7) is 0. The van der Waals surface area contributed by atoms with E-state index in [1.165, 1.54) is 36.8 Å². The van der Waals surface area contributed by atoms with E-state index in [9.17, 15) is 0 Å². The van der Waals surface area contributed by atoms with Crippen molar-refractivity contribution in [3.8, 4) is 0 Å². The van der Waals surface area contributed by atoms with Crippen LogP contribution in [0.2, 0.25) is 11.1 Å². The van der Waals surface area contributed by atoms with Crippen molar-refractivity contribution in [2.24, 2.45) is 0 Å². The molecule has 2 rings (SSSR count). The smallest absolute Gasteiger partial charge is 0.0264 e. The number of rotatable bonds is 2. The molecule has 0 bridgehead atoms. The fraction of sp³-hybridized carbons (Fsp3) is 1.00. The molecule has 2 saturated carbocycles. The van der Waals surface area contributed by atoms with Crippen LogP contribution < -0.4 is 0 Å². The Morgan fingerprint density at radius 2 is 0.800 bits per heavy atom. The van der Waals surface area contributed by atoms with Gasteiger partial charge in [-0.2, -0.15) is 0 Å². The Labute approximate surface area is 98.0 Å². The molecule has 0 unspecified atom stereocenters. The van der Waals surface area contributed by atoms with Crippen molar-refractivity contribution < 1.29 is 0 Å². The maximum Gasteiger partial charge on any atom is 0.0264 e. The van der Waals surface area contributed by atoms with Crippen LogP contribution in [0.15, 0.2) is 0 Å². The van der Waals surface area contributed by atoms with Gasteiger partial charge in [0.2, 0.25) is 0 Å². The number of hydrogen-bond donors (Lipinski definition) is 0. The highest BCUT2D eigenvalue weighted by molar-refractivity contribution is 6.39. The zero-order valence-electron chi connectivity index (χ0n) is 10.3. The molecule has 0 aliphatic heterocycles. The van der Waals surface area contributed by atoms with E-state index in [1.54, 1.807) is 51.4 Å². The summed E-state index contributed by atoms with van der Waals surface area (Å²) in [6.07, 6.45) is 18.8. The molecule has 0 radical (unpaired) electrons. The first-order valence-electron chi connectivity index (χ1n) is 7.45. The van der Waals surface area contributed by atoms with Gasteiger partial charge < -0.3 is 0 Å². The molecule has 0 aromatic heterocycles. The highest BCUT2D eigenvalue weighted by Crippen LogP contribution is 2.34. The van der Waals surface area contributed by atoms with Crippen molar-refractivity contribution in [2.45, 2.75) is 88.1 Å². The molecule has 15 heavy (non-hydrogen) atoms. The van der Waals surface area contributed by atoms with E-state index < -0.39 is 0 Å². The summed E-state index contributed by atoms with van der Waals surface area (Å²) < 4.78 is 0. The number of hydrogen-bond acceptors (Lipinski definition) is 0. The highest BCUT2D eigenvalue weighted by atomic mass is 28.2. The Balaban J connectivity index is 1.73. The van der Waals surface area contributed by atoms with Gasteiger partial charge in [-0.05, 0) is 0 Å². The fourth-order valence-electron chi connectivity index (χ4n) is 3.67. The molecular weight excluding hydrogens is 196 g/mol. The van der Waals surface area contributed by atoms with Gasteiger partial charge >= 0.3 is 0 Å². The van der Waals surface area contributed by atoms with E-state index in [0.29, 0.717) is 0 Å². The van der Waals surface area contributed by atoms with Gasteiger partial charge in [0.1, 0.15) is 0 Å². The van der Waals surface area contributed by atoms with Gasteiger partial charge in [0.05, 0.1) is 0 Å². The molecule has 2 aliphatic rings. The molecule has 2 fully saturated rings. The molecule has 88 valence electrons. The topological polar surface area (TPSA) is 0 Å². The zero-order valence-corrected chi connectivity index (χ0v) is 11.8. The van der Waals surface area contributed by atoms with Crippen LogP contribution in [0.1, 0.15) is 77.0 Å². The van der Waals surface area contributed by atoms with E-state index >= 15 is 0 Å². The average molecular weight is 224 g/mol. The van der Waals surface area contributed by atoms with Crippen molar-refractivity contribution in [3.05, 3.63) is 0 Å². The van der Waals surface area contributed by atoms with Crippen molar-refractivity contribution >= 4 is 9.52 Å². The van der Waals surface area contributed by atoms with Crippen molar-refractivity contribution in [3.63, 3.8) is 0 Å². The summed E-state index contributed by atoms with van der Waals surface area (Å²) in [5.74, 6) is 0. The Morgan fingerprint density at radius 1 is 0.467 bits per heavy atom. The summed E-state index contributed by atoms with van der Waals surface area (Å²) in [7, 11) is 0.275. The Kier molecular flexibility index (Phi) is 5.24. The normalized spacial score (nSPS) is 27.2. The van der Waals surface area contributed by atoms with Crippen LogP contribution in [0, 0.1) is 0 Å². The van der Waals surface area contributed by atoms with Gasteiger partial charge in [0, 0.05) is 9.52 Å². The summed E-state index contributed by atoms with van der Waals surface area (Å²) >= 11 is 0. The Bertz CT molecular complexity index is 133. The first-order valence-corrected chi connectivity index (χ1v) is 9.08. The molecule has 2 aliphatic carbocycles. The second-order valence-corrected chi connectivity index (χ2v) is 8.73. The molecular formula is C14H28Si. The quantitative estimate of drug-likeness (QED) is 0.480. The van der Waals surface area contributed by atoms with E-state index in [4.69, 9.17) is 0 Å². The largest absolute Gasteiger partial charge is 0.0533 e. The van der Waals surface area contributed by atoms with Crippen LogP contribution in [0.4, 0.5) is 0 Å². The minimum absolute atomic E-state index is 0.275. The lowest BCUT2D eigenvalue weighted by Crippen LogP contribution is -2.10. The van der Waals surface area contributed by atoms with Gasteiger partial charge in [-0.1, -0.05) is 88.1 Å². The first kappa shape index (κ1) is 11.7. The summed E-state index contributed by atoms with van der Waals surface area (Å²) in [4.78, 5) is 0. The lowest BCUT2D eigenvalue weighted by Gasteiger charge is -2.20. The molecule has 1 heteroatoms. The lowest BCUT2D eigenvalue weighted by atomic mass is 10.2. The predicted octanol–water partition coefficient (Wildman–Crippen LogP) is 4.44. The summed E-state index contributed by atoms with van der Waals surface area (Å²) in [6, 6.07) is 0. The van der Waals surface area contributed by atoms with E-state index in [2.05, 4.69) is 0 Å². The van der Waals surface area contributed by atoms with Crippen LogP contribution in [0.3, 0.4) is 0 Å². The second kappa shape index (κ2) is 6.73. The minimum atomic E-state index is 0.275. The third-order valence-corrected chi connectivity index (χ3v) is 7.58. The van der Waals surface area contributed by atoms with E-state index in [0.717, 1.165) is 0 Å². The molecule has 0 atom stereocenters. The monoisotopic (exact) mass is 224 g/mol. The van der Waals surface area contributed by atoms with Gasteiger partial charge in [-0.25, -0.2) is 0 Å². The molecule has 0 N–H and O–H groups in total. The van der Waals surface area contributed by atoms with Crippen molar-refractivity contribution in [1.29, 1.82) is 0 Å². The average Bonchev–Trinajstić information content (AvgIpc) is 2.63. The van der Waals surface area contributed by atoms with Crippen molar-refractivity contribution in [2.75, 3.05) is 0 Å². The van der Waals surface area contributed by atoms with Crippen LogP contribution in [0.25, 0.3) is 0 Å². The van der Waals surface area contributed by atoms with Crippen LogP contribution in [-0.2, 0) is 0 Å². The van der Waals surface area contributed by atoms with Crippen LogP contribution in [0.5, 0.6) is 0 Å². The van der Waals surface area contributed by atoms with Gasteiger partial charge in [-0.15, -0.1) is 0 Å². The summed E-state index contributed by atoms with van der Waals surface area (Å²) in [5.41, 5.74) is 2.49. The highest BCUT2D eigenvalue weighted by Gasteiger charge is 2.19. The SMILES string of the molecule is C1CCCC([SiH2]C2CCCCCC2)CC1. The lowest BCUT2D eigenvalue weighted by molar-refractivity contribution is 0.641. The predicted molar refractivity (Wildman–Crippen MR) is 71.4 cm³/mol. The standard InChI is InChI=1S/C14H28Si/c1-2-6-10-13(9-5-1)15-14-11-7-3-4-8-12-14/h13-14H,1-12,15H2. The molecule has 0 saturated heterocycles. The molecule has 0 spiro atoms. The Hall–Kier alpha value is 0.217. The summed E-state index contributed by atoms with van der Waals surface area (Å²) in [5, 5.41) is 0.